The van der Waals surface area contributed by atoms with Crippen LogP contribution in [-0.4, -0.2) is 47.8 Å². The molecule has 0 saturated heterocycles. The first-order chi connectivity index (χ1) is 13.7. The van der Waals surface area contributed by atoms with Gasteiger partial charge in [0.15, 0.2) is 5.96 Å². The number of hydrogen-bond acceptors (Lipinski definition) is 5. The van der Waals surface area contributed by atoms with Crippen LogP contribution in [0.2, 0.25) is 0 Å². The van der Waals surface area contributed by atoms with E-state index in [0.29, 0.717) is 37.7 Å². The van der Waals surface area contributed by atoms with E-state index in [1.165, 1.54) is 6.07 Å². The average Bonchev–Trinajstić information content (AvgIpc) is 2.64. The summed E-state index contributed by atoms with van der Waals surface area (Å²) >= 11 is 0. The molecule has 1 aromatic rings. The molecule has 0 aromatic heterocycles. The number of aromatic hydroxyl groups is 1. The zero-order chi connectivity index (χ0) is 21.8. The number of rotatable bonds is 12. The molecule has 0 aliphatic rings. The van der Waals surface area contributed by atoms with Crippen molar-refractivity contribution in [1.29, 1.82) is 0 Å². The van der Waals surface area contributed by atoms with Gasteiger partial charge < -0.3 is 32.0 Å². The Balaban J connectivity index is 2.68. The number of nitrogens with zero attached hydrogens (tertiary/aromatic N) is 1. The van der Waals surface area contributed by atoms with Crippen molar-refractivity contribution in [2.75, 3.05) is 6.54 Å². The lowest BCUT2D eigenvalue weighted by atomic mass is 10.0. The van der Waals surface area contributed by atoms with E-state index < -0.39 is 18.0 Å². The van der Waals surface area contributed by atoms with Crippen LogP contribution in [0.4, 0.5) is 0 Å². The van der Waals surface area contributed by atoms with Crippen LogP contribution in [0.25, 0.3) is 0 Å². The first-order valence-electron chi connectivity index (χ1n) is 9.60. The highest BCUT2D eigenvalue weighted by Crippen LogP contribution is 2.16. The van der Waals surface area contributed by atoms with Gasteiger partial charge in [-0.15, -0.1) is 0 Å². The Labute approximate surface area is 170 Å². The summed E-state index contributed by atoms with van der Waals surface area (Å²) in [5.74, 6) is -0.672. The second-order valence-electron chi connectivity index (χ2n) is 7.26. The van der Waals surface area contributed by atoms with Crippen LogP contribution in [0.1, 0.15) is 38.7 Å². The topological polar surface area (TPSA) is 160 Å². The van der Waals surface area contributed by atoms with Crippen molar-refractivity contribution in [1.82, 2.24) is 10.6 Å². The molecule has 7 N–H and O–H groups in total. The van der Waals surface area contributed by atoms with Crippen LogP contribution in [0.15, 0.2) is 29.3 Å². The number of aldehydes is 1. The third-order valence-electron chi connectivity index (χ3n) is 4.16. The first-order valence-corrected chi connectivity index (χ1v) is 9.60. The smallest absolute Gasteiger partial charge is 0.243 e. The highest BCUT2D eigenvalue weighted by atomic mass is 16.3. The molecule has 0 fully saturated rings. The fraction of sp³-hybridized carbons (Fsp3) is 0.500. The number of phenols is 1. The lowest BCUT2D eigenvalue weighted by Gasteiger charge is -2.22. The Kier molecular flexibility index (Phi) is 10.2. The van der Waals surface area contributed by atoms with Gasteiger partial charge >= 0.3 is 0 Å². The molecular weight excluding hydrogens is 374 g/mol. The Hall–Kier alpha value is -3.10. The van der Waals surface area contributed by atoms with Gasteiger partial charge in [-0.2, -0.15) is 0 Å². The van der Waals surface area contributed by atoms with Crippen LogP contribution in [-0.2, 0) is 20.8 Å². The van der Waals surface area contributed by atoms with Crippen LogP contribution < -0.4 is 22.1 Å². The Bertz CT molecular complexity index is 717. The number of carbonyl (C=O) groups excluding carboxylic acids is 3. The number of nitrogens with one attached hydrogen (secondary N) is 2. The molecule has 0 aliphatic heterocycles. The predicted octanol–water partition coefficient (Wildman–Crippen LogP) is 0.203. The molecule has 2 amide bonds. The normalized spacial score (nSPS) is 12.7. The molecule has 0 aliphatic carbocycles. The van der Waals surface area contributed by atoms with Gasteiger partial charge in [0.25, 0.3) is 0 Å². The molecule has 0 unspecified atom stereocenters. The minimum absolute atomic E-state index is 0.0225. The lowest BCUT2D eigenvalue weighted by Crippen LogP contribution is -2.51. The highest BCUT2D eigenvalue weighted by molar-refractivity contribution is 5.89. The van der Waals surface area contributed by atoms with Gasteiger partial charge in [0, 0.05) is 12.1 Å². The summed E-state index contributed by atoms with van der Waals surface area (Å²) < 4.78 is 0. The zero-order valence-corrected chi connectivity index (χ0v) is 16.9. The first kappa shape index (κ1) is 23.9. The Morgan fingerprint density at radius 3 is 2.48 bits per heavy atom. The fourth-order valence-corrected chi connectivity index (χ4v) is 2.76. The maximum Gasteiger partial charge on any atom is 0.243 e. The van der Waals surface area contributed by atoms with Gasteiger partial charge in [-0.25, -0.2) is 0 Å². The number of carbonyl (C=O) groups is 3. The van der Waals surface area contributed by atoms with E-state index in [2.05, 4.69) is 15.6 Å². The van der Waals surface area contributed by atoms with Gasteiger partial charge in [0.05, 0.1) is 12.5 Å². The predicted molar refractivity (Wildman–Crippen MR) is 111 cm³/mol. The number of para-hydroxylation sites is 1. The summed E-state index contributed by atoms with van der Waals surface area (Å²) in [6.45, 7) is 4.22. The van der Waals surface area contributed by atoms with E-state index in [-0.39, 0.29) is 30.0 Å². The molecule has 1 aromatic carbocycles. The minimum Gasteiger partial charge on any atom is -0.508 e. The van der Waals surface area contributed by atoms with Gasteiger partial charge in [0.2, 0.25) is 11.8 Å². The minimum atomic E-state index is -0.784. The Morgan fingerprint density at radius 2 is 1.90 bits per heavy atom. The standard InChI is InChI=1S/C20H31N5O4/c1-13(2)10-16(25-18(28)11-14-6-3-4-8-17(14)27)19(29)24-15(12-26)7-5-9-23-20(21)22/h3-4,6,8,12-13,15-16,27H,5,7,9-11H2,1-2H3,(H,24,29)(H,25,28)(H4,21,22,23)/t15-,16-/m0/s1. The van der Waals surface area contributed by atoms with Crippen LogP contribution >= 0.6 is 0 Å². The SMILES string of the molecule is CC(C)C[C@H](NC(=O)Cc1ccccc1O)C(=O)N[C@H](C=O)CCCN=C(N)N. The summed E-state index contributed by atoms with van der Waals surface area (Å²) in [5, 5.41) is 15.2. The van der Waals surface area contributed by atoms with Gasteiger partial charge in [-0.3, -0.25) is 14.6 Å². The van der Waals surface area contributed by atoms with Crippen molar-refractivity contribution < 1.29 is 19.5 Å². The molecular formula is C20H31N5O4. The highest BCUT2D eigenvalue weighted by Gasteiger charge is 2.24. The summed E-state index contributed by atoms with van der Waals surface area (Å²) in [5.41, 5.74) is 11.0. The summed E-state index contributed by atoms with van der Waals surface area (Å²) in [6, 6.07) is 5.05. The van der Waals surface area contributed by atoms with Gasteiger partial charge in [-0.05, 0) is 31.2 Å². The molecule has 160 valence electrons. The fourth-order valence-electron chi connectivity index (χ4n) is 2.76. The van der Waals surface area contributed by atoms with Crippen molar-refractivity contribution in [3.8, 4) is 5.75 Å². The largest absolute Gasteiger partial charge is 0.508 e. The van der Waals surface area contributed by atoms with Gasteiger partial charge in [0.1, 0.15) is 18.1 Å². The van der Waals surface area contributed by atoms with Crippen molar-refractivity contribution in [2.24, 2.45) is 22.4 Å². The van der Waals surface area contributed by atoms with Crippen molar-refractivity contribution in [3.05, 3.63) is 29.8 Å². The quantitative estimate of drug-likeness (QED) is 0.144. The van der Waals surface area contributed by atoms with E-state index in [1.807, 2.05) is 13.8 Å². The number of amides is 2. The molecule has 9 heteroatoms. The number of nitrogens with two attached hydrogens (primary N) is 2. The maximum atomic E-state index is 12.6. The number of benzene rings is 1. The maximum absolute atomic E-state index is 12.6. The van der Waals surface area contributed by atoms with Crippen LogP contribution in [0.5, 0.6) is 5.75 Å². The molecule has 0 spiro atoms. The lowest BCUT2D eigenvalue weighted by molar-refractivity contribution is -0.130. The molecule has 0 heterocycles. The molecule has 9 nitrogen and oxygen atoms in total. The zero-order valence-electron chi connectivity index (χ0n) is 16.9. The molecule has 0 bridgehead atoms. The second-order valence-corrected chi connectivity index (χ2v) is 7.26. The monoisotopic (exact) mass is 405 g/mol. The van der Waals surface area contributed by atoms with E-state index in [4.69, 9.17) is 11.5 Å². The Morgan fingerprint density at radius 1 is 1.21 bits per heavy atom. The summed E-state index contributed by atoms with van der Waals surface area (Å²) in [6.07, 6.45) is 1.92. The average molecular weight is 405 g/mol. The van der Waals surface area contributed by atoms with Gasteiger partial charge in [-0.1, -0.05) is 32.0 Å². The van der Waals surface area contributed by atoms with E-state index in [1.54, 1.807) is 18.2 Å². The molecule has 0 saturated carbocycles. The third-order valence-corrected chi connectivity index (χ3v) is 4.16. The van der Waals surface area contributed by atoms with E-state index in [9.17, 15) is 19.5 Å². The van der Waals surface area contributed by atoms with Crippen LogP contribution in [0.3, 0.4) is 0 Å². The summed E-state index contributed by atoms with van der Waals surface area (Å²) in [7, 11) is 0. The van der Waals surface area contributed by atoms with E-state index >= 15 is 0 Å². The van der Waals surface area contributed by atoms with Crippen molar-refractivity contribution in [3.63, 3.8) is 0 Å². The third kappa shape index (κ3) is 9.59. The number of aliphatic imine (C=N–C) groups is 1. The van der Waals surface area contributed by atoms with Crippen molar-refractivity contribution >= 4 is 24.1 Å². The summed E-state index contributed by atoms with van der Waals surface area (Å²) in [4.78, 5) is 40.2. The second kappa shape index (κ2) is 12.4. The number of guanidine groups is 1. The number of phenolic OH excluding ortho intramolecular Hbond substituents is 1. The number of hydrogen-bond donors (Lipinski definition) is 5. The molecule has 29 heavy (non-hydrogen) atoms. The molecule has 1 rings (SSSR count). The molecule has 0 radical (unpaired) electrons. The molecule has 2 atom stereocenters. The van der Waals surface area contributed by atoms with Crippen molar-refractivity contribution in [2.45, 2.75) is 51.6 Å². The van der Waals surface area contributed by atoms with Crippen LogP contribution in [0, 0.1) is 5.92 Å². The van der Waals surface area contributed by atoms with E-state index in [0.717, 1.165) is 0 Å².